The van der Waals surface area contributed by atoms with Gasteiger partial charge in [-0.25, -0.2) is 4.79 Å². The predicted molar refractivity (Wildman–Crippen MR) is 74.6 cm³/mol. The Bertz CT molecular complexity index is 679. The van der Waals surface area contributed by atoms with E-state index in [9.17, 15) is 9.59 Å². The number of carbonyl (C=O) groups excluding carboxylic acids is 1. The van der Waals surface area contributed by atoms with E-state index < -0.39 is 16.4 Å². The second-order valence-corrected chi connectivity index (χ2v) is 5.21. The summed E-state index contributed by atoms with van der Waals surface area (Å²) >= 11 is 10.9. The molecule has 6 heteroatoms. The maximum atomic E-state index is 11.4. The van der Waals surface area contributed by atoms with Gasteiger partial charge in [0.25, 0.3) is 5.91 Å². The number of amides is 1. The fourth-order valence-corrected chi connectivity index (χ4v) is 1.90. The summed E-state index contributed by atoms with van der Waals surface area (Å²) in [5.41, 5.74) is 1.71. The number of rotatable bonds is 3. The lowest BCUT2D eigenvalue weighted by Gasteiger charge is -2.08. The van der Waals surface area contributed by atoms with Crippen molar-refractivity contribution in [2.75, 3.05) is 0 Å². The zero-order valence-electron chi connectivity index (χ0n) is 10.1. The van der Waals surface area contributed by atoms with Crippen molar-refractivity contribution in [2.45, 2.75) is 18.3 Å². The Morgan fingerprint density at radius 3 is 2.79 bits per heavy atom. The average Bonchev–Trinajstić information content (AvgIpc) is 2.36. The Labute approximate surface area is 119 Å². The zero-order valence-corrected chi connectivity index (χ0v) is 11.6. The van der Waals surface area contributed by atoms with Crippen molar-refractivity contribution < 1.29 is 9.21 Å². The summed E-state index contributed by atoms with van der Waals surface area (Å²) in [6, 6.07) is 6.81. The molecule has 0 bridgehead atoms. The first kappa shape index (κ1) is 13.9. The van der Waals surface area contributed by atoms with Crippen LogP contribution in [0.3, 0.4) is 0 Å². The molecule has 0 aliphatic rings. The molecule has 100 valence electrons. The minimum absolute atomic E-state index is 0.167. The lowest BCUT2D eigenvalue weighted by atomic mass is 10.1. The zero-order chi connectivity index (χ0) is 14.0. The van der Waals surface area contributed by atoms with E-state index in [0.717, 1.165) is 10.9 Å². The van der Waals surface area contributed by atoms with Crippen LogP contribution in [0.25, 0.3) is 11.0 Å². The molecule has 1 N–H and O–H groups in total. The van der Waals surface area contributed by atoms with E-state index in [2.05, 4.69) is 5.32 Å². The molecule has 1 heterocycles. The lowest BCUT2D eigenvalue weighted by molar-refractivity contribution is -0.119. The van der Waals surface area contributed by atoms with Gasteiger partial charge in [0.15, 0.2) is 4.84 Å². The third kappa shape index (κ3) is 3.28. The summed E-state index contributed by atoms with van der Waals surface area (Å²) in [4.78, 5) is 21.6. The molecule has 0 saturated heterocycles. The van der Waals surface area contributed by atoms with Gasteiger partial charge in [-0.15, -0.1) is 0 Å². The highest BCUT2D eigenvalue weighted by Crippen LogP contribution is 2.18. The smallest absolute Gasteiger partial charge is 0.336 e. The average molecular weight is 300 g/mol. The molecule has 2 rings (SSSR count). The number of nitrogens with one attached hydrogen (secondary N) is 1. The minimum Gasteiger partial charge on any atom is -0.423 e. The first-order chi connectivity index (χ1) is 8.97. The largest absolute Gasteiger partial charge is 0.423 e. The highest BCUT2D eigenvalue weighted by atomic mass is 35.5. The van der Waals surface area contributed by atoms with Crippen LogP contribution >= 0.6 is 23.2 Å². The molecule has 1 aromatic heterocycles. The van der Waals surface area contributed by atoms with Gasteiger partial charge in [-0.1, -0.05) is 34.8 Å². The van der Waals surface area contributed by atoms with Crippen LogP contribution in [0.15, 0.2) is 33.5 Å². The van der Waals surface area contributed by atoms with Crippen LogP contribution in [0, 0.1) is 6.92 Å². The molecule has 0 saturated carbocycles. The Kier molecular flexibility index (Phi) is 4.12. The molecule has 0 unspecified atom stereocenters. The van der Waals surface area contributed by atoms with Crippen LogP contribution in [0.5, 0.6) is 0 Å². The van der Waals surface area contributed by atoms with E-state index in [1.807, 2.05) is 19.1 Å². The van der Waals surface area contributed by atoms with Crippen molar-refractivity contribution in [1.29, 1.82) is 0 Å². The van der Waals surface area contributed by atoms with Crippen LogP contribution in [0.1, 0.15) is 11.1 Å². The van der Waals surface area contributed by atoms with Gasteiger partial charge >= 0.3 is 5.63 Å². The van der Waals surface area contributed by atoms with Gasteiger partial charge in [-0.3, -0.25) is 4.79 Å². The first-order valence-corrected chi connectivity index (χ1v) is 6.44. The van der Waals surface area contributed by atoms with Crippen molar-refractivity contribution in [2.24, 2.45) is 0 Å². The van der Waals surface area contributed by atoms with Crippen LogP contribution < -0.4 is 10.9 Å². The predicted octanol–water partition coefficient (Wildman–Crippen LogP) is 2.52. The van der Waals surface area contributed by atoms with Gasteiger partial charge in [0.2, 0.25) is 0 Å². The maximum absolute atomic E-state index is 11.4. The third-order valence-corrected chi connectivity index (χ3v) is 3.03. The molecule has 0 fully saturated rings. The first-order valence-electron chi connectivity index (χ1n) is 5.56. The Balaban J connectivity index is 2.39. The second kappa shape index (κ2) is 5.63. The van der Waals surface area contributed by atoms with E-state index in [4.69, 9.17) is 27.6 Å². The number of hydrogen-bond acceptors (Lipinski definition) is 3. The van der Waals surface area contributed by atoms with Crippen molar-refractivity contribution >= 4 is 40.1 Å². The van der Waals surface area contributed by atoms with Crippen molar-refractivity contribution in [3.8, 4) is 0 Å². The highest BCUT2D eigenvalue weighted by molar-refractivity contribution is 6.53. The molecular weight excluding hydrogens is 289 g/mol. The van der Waals surface area contributed by atoms with Gasteiger partial charge in [0, 0.05) is 18.0 Å². The summed E-state index contributed by atoms with van der Waals surface area (Å²) in [5, 5.41) is 3.33. The fourth-order valence-electron chi connectivity index (χ4n) is 1.75. The summed E-state index contributed by atoms with van der Waals surface area (Å²) in [6.45, 7) is 2.10. The molecule has 0 spiro atoms. The summed E-state index contributed by atoms with van der Waals surface area (Å²) in [7, 11) is 0. The van der Waals surface area contributed by atoms with E-state index in [0.29, 0.717) is 11.1 Å². The van der Waals surface area contributed by atoms with Crippen LogP contribution in [-0.4, -0.2) is 10.7 Å². The van der Waals surface area contributed by atoms with Gasteiger partial charge in [0.1, 0.15) is 5.58 Å². The van der Waals surface area contributed by atoms with Crippen LogP contribution in [-0.2, 0) is 11.3 Å². The molecule has 1 amide bonds. The molecular formula is C13H11Cl2NO3. The van der Waals surface area contributed by atoms with Crippen molar-refractivity contribution in [3.63, 3.8) is 0 Å². The number of halogens is 2. The van der Waals surface area contributed by atoms with Crippen molar-refractivity contribution in [1.82, 2.24) is 5.32 Å². The standard InChI is InChI=1S/C13H11Cl2NO3/c1-7-2-3-10-9(4-7)8(5-11(17)19-10)6-16-13(18)12(14)15/h2-5,12H,6H2,1H3,(H,16,18). The number of carbonyl (C=O) groups is 1. The Hall–Kier alpha value is -1.52. The molecule has 0 aliphatic carbocycles. The maximum Gasteiger partial charge on any atom is 0.336 e. The number of aryl methyl sites for hydroxylation is 1. The molecule has 4 nitrogen and oxygen atoms in total. The Morgan fingerprint density at radius 2 is 2.11 bits per heavy atom. The quantitative estimate of drug-likeness (QED) is 0.700. The number of hydrogen-bond donors (Lipinski definition) is 1. The van der Waals surface area contributed by atoms with Gasteiger partial charge < -0.3 is 9.73 Å². The number of alkyl halides is 2. The normalized spacial score (nSPS) is 10.9. The Morgan fingerprint density at radius 1 is 1.37 bits per heavy atom. The lowest BCUT2D eigenvalue weighted by Crippen LogP contribution is -2.28. The van der Waals surface area contributed by atoms with Gasteiger partial charge in [-0.2, -0.15) is 0 Å². The summed E-state index contributed by atoms with van der Waals surface area (Å²) in [6.07, 6.45) is 0. The van der Waals surface area contributed by atoms with Crippen molar-refractivity contribution in [3.05, 3.63) is 45.8 Å². The molecule has 0 aliphatic heterocycles. The van der Waals surface area contributed by atoms with Gasteiger partial charge in [-0.05, 0) is 24.6 Å². The molecule has 0 atom stereocenters. The second-order valence-electron chi connectivity index (χ2n) is 4.11. The topological polar surface area (TPSA) is 59.3 Å². The van der Waals surface area contributed by atoms with Gasteiger partial charge in [0.05, 0.1) is 0 Å². The number of benzene rings is 1. The minimum atomic E-state index is -1.13. The highest BCUT2D eigenvalue weighted by Gasteiger charge is 2.12. The molecule has 2 aromatic rings. The molecule has 19 heavy (non-hydrogen) atoms. The van der Waals surface area contributed by atoms with Crippen LogP contribution in [0.4, 0.5) is 0 Å². The summed E-state index contributed by atoms with van der Waals surface area (Å²) in [5.74, 6) is -0.502. The molecule has 0 radical (unpaired) electrons. The monoisotopic (exact) mass is 299 g/mol. The van der Waals surface area contributed by atoms with E-state index >= 15 is 0 Å². The van der Waals surface area contributed by atoms with Crippen LogP contribution in [0.2, 0.25) is 0 Å². The fraction of sp³-hybridized carbons (Fsp3) is 0.231. The van der Waals surface area contributed by atoms with E-state index in [1.54, 1.807) is 6.07 Å². The third-order valence-electron chi connectivity index (χ3n) is 2.63. The SMILES string of the molecule is Cc1ccc2oc(=O)cc(CNC(=O)C(Cl)Cl)c2c1. The van der Waals surface area contributed by atoms with E-state index in [1.165, 1.54) is 6.07 Å². The number of fused-ring (bicyclic) bond motifs is 1. The summed E-state index contributed by atoms with van der Waals surface area (Å²) < 4.78 is 5.09. The molecule has 1 aromatic carbocycles. The van der Waals surface area contributed by atoms with E-state index in [-0.39, 0.29) is 6.54 Å².